The number of aromatic carboxylic acids is 1. The fourth-order valence-corrected chi connectivity index (χ4v) is 2.86. The molecule has 0 aromatic carbocycles. The summed E-state index contributed by atoms with van der Waals surface area (Å²) in [6.45, 7) is 0. The molecular weight excluding hydrogens is 240 g/mol. The first-order valence-corrected chi connectivity index (χ1v) is 7.07. The molecule has 1 rings (SSSR count). The molecule has 5 nitrogen and oxygen atoms in total. The SMILES string of the molecule is CS(=O)(=O)CCSc1ccc(C(=O)O)o1. The molecule has 1 aromatic heterocycles. The van der Waals surface area contributed by atoms with E-state index in [4.69, 9.17) is 9.52 Å². The Hall–Kier alpha value is -0.950. The van der Waals surface area contributed by atoms with Crippen molar-refractivity contribution >= 4 is 27.6 Å². The van der Waals surface area contributed by atoms with Gasteiger partial charge in [0.2, 0.25) is 5.76 Å². The highest BCUT2D eigenvalue weighted by Crippen LogP contribution is 2.20. The molecule has 1 heterocycles. The van der Waals surface area contributed by atoms with Gasteiger partial charge in [0.1, 0.15) is 9.84 Å². The lowest BCUT2D eigenvalue weighted by molar-refractivity contribution is 0.0656. The first kappa shape index (κ1) is 12.1. The maximum Gasteiger partial charge on any atom is 0.371 e. The van der Waals surface area contributed by atoms with E-state index in [9.17, 15) is 13.2 Å². The zero-order valence-corrected chi connectivity index (χ0v) is 9.60. The molecular formula is C8H10O5S2. The molecule has 0 spiro atoms. The summed E-state index contributed by atoms with van der Waals surface area (Å²) in [5.74, 6) is -0.881. The third-order valence-corrected chi connectivity index (χ3v) is 3.61. The highest BCUT2D eigenvalue weighted by Gasteiger charge is 2.10. The number of carbonyl (C=O) groups is 1. The Bertz CT molecular complexity index is 445. The first-order valence-electron chi connectivity index (χ1n) is 4.02. The average molecular weight is 250 g/mol. The molecule has 0 bridgehead atoms. The van der Waals surface area contributed by atoms with Crippen molar-refractivity contribution in [1.29, 1.82) is 0 Å². The third kappa shape index (κ3) is 4.39. The first-order chi connectivity index (χ1) is 6.88. The van der Waals surface area contributed by atoms with Gasteiger partial charge in [0.25, 0.3) is 0 Å². The van der Waals surface area contributed by atoms with Crippen molar-refractivity contribution in [1.82, 2.24) is 0 Å². The van der Waals surface area contributed by atoms with Crippen LogP contribution in [-0.4, -0.2) is 37.3 Å². The minimum Gasteiger partial charge on any atom is -0.475 e. The molecule has 0 aliphatic carbocycles. The zero-order valence-electron chi connectivity index (χ0n) is 7.97. The molecule has 0 saturated carbocycles. The molecule has 7 heteroatoms. The number of sulfone groups is 1. The summed E-state index contributed by atoms with van der Waals surface area (Å²) in [5.41, 5.74) is 0. The van der Waals surface area contributed by atoms with Crippen LogP contribution in [-0.2, 0) is 9.84 Å². The van der Waals surface area contributed by atoms with Gasteiger partial charge in [0.15, 0.2) is 5.09 Å². The molecule has 1 N–H and O–H groups in total. The number of hydrogen-bond donors (Lipinski definition) is 1. The lowest BCUT2D eigenvalue weighted by atomic mass is 10.5. The van der Waals surface area contributed by atoms with Crippen LogP contribution in [0, 0.1) is 0 Å². The smallest absolute Gasteiger partial charge is 0.371 e. The lowest BCUT2D eigenvalue weighted by Crippen LogP contribution is -2.04. The Balaban J connectivity index is 2.48. The molecule has 0 amide bonds. The molecule has 1 aromatic rings. The summed E-state index contributed by atoms with van der Waals surface area (Å²) < 4.78 is 26.5. The second-order valence-corrected chi connectivity index (χ2v) is 6.26. The maximum absolute atomic E-state index is 10.8. The monoisotopic (exact) mass is 250 g/mol. The van der Waals surface area contributed by atoms with Crippen LogP contribution >= 0.6 is 11.8 Å². The van der Waals surface area contributed by atoms with Crippen molar-refractivity contribution in [3.05, 3.63) is 17.9 Å². The fourth-order valence-electron chi connectivity index (χ4n) is 0.806. The van der Waals surface area contributed by atoms with Gasteiger partial charge >= 0.3 is 5.97 Å². The summed E-state index contributed by atoms with van der Waals surface area (Å²) in [4.78, 5) is 10.4. The second kappa shape index (κ2) is 4.71. The van der Waals surface area contributed by atoms with Crippen LogP contribution in [0.2, 0.25) is 0 Å². The molecule has 0 radical (unpaired) electrons. The maximum atomic E-state index is 10.8. The quantitative estimate of drug-likeness (QED) is 0.788. The number of carboxylic acid groups (broad SMARTS) is 1. The van der Waals surface area contributed by atoms with E-state index in [-0.39, 0.29) is 11.5 Å². The summed E-state index contributed by atoms with van der Waals surface area (Å²) in [5, 5.41) is 8.97. The van der Waals surface area contributed by atoms with Crippen molar-refractivity contribution in [2.75, 3.05) is 17.8 Å². The molecule has 15 heavy (non-hydrogen) atoms. The lowest BCUT2D eigenvalue weighted by Gasteiger charge is -1.96. The van der Waals surface area contributed by atoms with Crippen LogP contribution in [0.15, 0.2) is 21.6 Å². The summed E-state index contributed by atoms with van der Waals surface area (Å²) in [7, 11) is -2.98. The van der Waals surface area contributed by atoms with Crippen molar-refractivity contribution in [2.24, 2.45) is 0 Å². The second-order valence-electron chi connectivity index (χ2n) is 2.90. The van der Waals surface area contributed by atoms with Crippen molar-refractivity contribution < 1.29 is 22.7 Å². The van der Waals surface area contributed by atoms with Gasteiger partial charge in [0.05, 0.1) is 5.75 Å². The Kier molecular flexibility index (Phi) is 3.81. The number of hydrogen-bond acceptors (Lipinski definition) is 5. The Morgan fingerprint density at radius 2 is 2.20 bits per heavy atom. The van der Waals surface area contributed by atoms with Crippen LogP contribution in [0.1, 0.15) is 10.6 Å². The van der Waals surface area contributed by atoms with Crippen molar-refractivity contribution in [2.45, 2.75) is 5.09 Å². The Morgan fingerprint density at radius 1 is 1.53 bits per heavy atom. The number of thioether (sulfide) groups is 1. The van der Waals surface area contributed by atoms with E-state index >= 15 is 0 Å². The topological polar surface area (TPSA) is 84.6 Å². The standard InChI is InChI=1S/C8H10O5S2/c1-15(11,12)5-4-14-7-3-2-6(13-7)8(9)10/h2-3H,4-5H2,1H3,(H,9,10). The van der Waals surface area contributed by atoms with Crippen LogP contribution in [0.5, 0.6) is 0 Å². The van der Waals surface area contributed by atoms with E-state index in [1.165, 1.54) is 23.9 Å². The van der Waals surface area contributed by atoms with Crippen LogP contribution < -0.4 is 0 Å². The Labute approximate surface area is 91.4 Å². The molecule has 0 atom stereocenters. The van der Waals surface area contributed by atoms with Gasteiger partial charge in [0, 0.05) is 12.0 Å². The number of furan rings is 1. The minimum absolute atomic E-state index is 0.0424. The predicted octanol–water partition coefficient (Wildman–Crippen LogP) is 1.11. The van der Waals surface area contributed by atoms with Gasteiger partial charge in [-0.05, 0) is 12.1 Å². The summed E-state index contributed by atoms with van der Waals surface area (Å²) in [6.07, 6.45) is 1.15. The highest BCUT2D eigenvalue weighted by molar-refractivity contribution is 8.00. The van der Waals surface area contributed by atoms with E-state index in [2.05, 4.69) is 0 Å². The molecule has 84 valence electrons. The number of carboxylic acids is 1. The largest absolute Gasteiger partial charge is 0.475 e. The Morgan fingerprint density at radius 3 is 2.67 bits per heavy atom. The molecule has 0 saturated heterocycles. The third-order valence-electron chi connectivity index (χ3n) is 1.49. The normalized spacial score (nSPS) is 11.5. The van der Waals surface area contributed by atoms with Crippen molar-refractivity contribution in [3.63, 3.8) is 0 Å². The van der Waals surface area contributed by atoms with E-state index in [1.807, 2.05) is 0 Å². The molecule has 0 fully saturated rings. The van der Waals surface area contributed by atoms with Crippen LogP contribution in [0.3, 0.4) is 0 Å². The molecule has 0 aliphatic rings. The van der Waals surface area contributed by atoms with Gasteiger partial charge in [-0.25, -0.2) is 13.2 Å². The van der Waals surface area contributed by atoms with E-state index in [1.54, 1.807) is 0 Å². The minimum atomic E-state index is -2.98. The van der Waals surface area contributed by atoms with E-state index in [0.29, 0.717) is 10.8 Å². The van der Waals surface area contributed by atoms with E-state index < -0.39 is 15.8 Å². The van der Waals surface area contributed by atoms with Gasteiger partial charge < -0.3 is 9.52 Å². The molecule has 0 unspecified atom stereocenters. The average Bonchev–Trinajstić information content (AvgIpc) is 2.50. The van der Waals surface area contributed by atoms with Crippen LogP contribution in [0.4, 0.5) is 0 Å². The highest BCUT2D eigenvalue weighted by atomic mass is 32.2. The summed E-state index contributed by atoms with van der Waals surface area (Å²) >= 11 is 1.18. The summed E-state index contributed by atoms with van der Waals surface area (Å²) in [6, 6.07) is 2.85. The van der Waals surface area contributed by atoms with Crippen molar-refractivity contribution in [3.8, 4) is 0 Å². The van der Waals surface area contributed by atoms with Gasteiger partial charge in [-0.3, -0.25) is 0 Å². The van der Waals surface area contributed by atoms with E-state index in [0.717, 1.165) is 6.26 Å². The fraction of sp³-hybridized carbons (Fsp3) is 0.375. The van der Waals surface area contributed by atoms with Gasteiger partial charge in [-0.1, -0.05) is 11.8 Å². The van der Waals surface area contributed by atoms with Gasteiger partial charge in [-0.2, -0.15) is 0 Å². The number of rotatable bonds is 5. The molecule has 0 aliphatic heterocycles. The zero-order chi connectivity index (χ0) is 11.5. The van der Waals surface area contributed by atoms with Gasteiger partial charge in [-0.15, -0.1) is 0 Å². The predicted molar refractivity (Wildman–Crippen MR) is 56.1 cm³/mol. The van der Waals surface area contributed by atoms with Crippen LogP contribution in [0.25, 0.3) is 0 Å².